The molecule has 2 heterocycles. The van der Waals surface area contributed by atoms with Crippen molar-refractivity contribution >= 4 is 17.3 Å². The third kappa shape index (κ3) is 4.92. The molecule has 1 fully saturated rings. The minimum Gasteiger partial charge on any atom is -0.465 e. The molecule has 4 nitrogen and oxygen atoms in total. The second kappa shape index (κ2) is 8.78. The molecule has 1 aliphatic heterocycles. The lowest BCUT2D eigenvalue weighted by Gasteiger charge is -2.32. The Morgan fingerprint density at radius 3 is 2.81 bits per heavy atom. The van der Waals surface area contributed by atoms with Crippen molar-refractivity contribution in [3.05, 3.63) is 40.9 Å². The van der Waals surface area contributed by atoms with Gasteiger partial charge in [0.25, 0.3) is 0 Å². The first-order chi connectivity index (χ1) is 12.5. The standard InChI is InChI=1S/C21H28N2O2S/c1-15(2)11-16-7-9-23(10-8-16)13-19-14-26-20(22-19)17-5-4-6-18(12-17)21(24)25-3/h4-6,12,14-16H,7-11,13H2,1-3H3. The molecule has 1 aromatic carbocycles. The summed E-state index contributed by atoms with van der Waals surface area (Å²) in [5.74, 6) is 1.37. The maximum atomic E-state index is 11.7. The molecule has 1 aromatic heterocycles. The lowest BCUT2D eigenvalue weighted by molar-refractivity contribution is 0.0601. The summed E-state index contributed by atoms with van der Waals surface area (Å²) < 4.78 is 4.80. The van der Waals surface area contributed by atoms with E-state index in [1.807, 2.05) is 18.2 Å². The van der Waals surface area contributed by atoms with Gasteiger partial charge in [-0.25, -0.2) is 9.78 Å². The van der Waals surface area contributed by atoms with Crippen molar-refractivity contribution in [1.82, 2.24) is 9.88 Å². The molecule has 0 radical (unpaired) electrons. The maximum Gasteiger partial charge on any atom is 0.337 e. The number of benzene rings is 1. The molecule has 1 aliphatic rings. The fourth-order valence-corrected chi connectivity index (χ4v) is 4.49. The van der Waals surface area contributed by atoms with E-state index in [4.69, 9.17) is 9.72 Å². The second-order valence-corrected chi connectivity index (χ2v) is 8.42. The van der Waals surface area contributed by atoms with Crippen LogP contribution >= 0.6 is 11.3 Å². The van der Waals surface area contributed by atoms with E-state index in [9.17, 15) is 4.79 Å². The summed E-state index contributed by atoms with van der Waals surface area (Å²) in [6.07, 6.45) is 3.96. The number of thiazole rings is 1. The highest BCUT2D eigenvalue weighted by Crippen LogP contribution is 2.28. The highest BCUT2D eigenvalue weighted by molar-refractivity contribution is 7.13. The Morgan fingerprint density at radius 2 is 2.12 bits per heavy atom. The van der Waals surface area contributed by atoms with Crippen molar-refractivity contribution < 1.29 is 9.53 Å². The van der Waals surface area contributed by atoms with Crippen molar-refractivity contribution in [2.24, 2.45) is 11.8 Å². The van der Waals surface area contributed by atoms with E-state index in [0.29, 0.717) is 5.56 Å². The summed E-state index contributed by atoms with van der Waals surface area (Å²) in [6, 6.07) is 7.49. The number of methoxy groups -OCH3 is 1. The van der Waals surface area contributed by atoms with E-state index in [1.54, 1.807) is 17.4 Å². The molecule has 2 aromatic rings. The predicted octanol–water partition coefficient (Wildman–Crippen LogP) is 4.85. The van der Waals surface area contributed by atoms with Crippen LogP contribution in [-0.2, 0) is 11.3 Å². The number of aromatic nitrogens is 1. The van der Waals surface area contributed by atoms with Crippen LogP contribution in [0.3, 0.4) is 0 Å². The molecule has 140 valence electrons. The van der Waals surface area contributed by atoms with Crippen molar-refractivity contribution in [1.29, 1.82) is 0 Å². The summed E-state index contributed by atoms with van der Waals surface area (Å²) in [6.45, 7) is 7.89. The van der Waals surface area contributed by atoms with Gasteiger partial charge in [0, 0.05) is 17.5 Å². The number of hydrogen-bond acceptors (Lipinski definition) is 5. The Labute approximate surface area is 160 Å². The molecule has 0 aliphatic carbocycles. The topological polar surface area (TPSA) is 42.4 Å². The van der Waals surface area contributed by atoms with Gasteiger partial charge in [-0.05, 0) is 56.3 Å². The fourth-order valence-electron chi connectivity index (χ4n) is 3.69. The molecule has 3 rings (SSSR count). The third-order valence-electron chi connectivity index (χ3n) is 4.98. The van der Waals surface area contributed by atoms with E-state index in [2.05, 4.69) is 24.1 Å². The first kappa shape index (κ1) is 19.1. The number of ether oxygens (including phenoxy) is 1. The van der Waals surface area contributed by atoms with Crippen LogP contribution in [0.15, 0.2) is 29.6 Å². The zero-order chi connectivity index (χ0) is 18.5. The van der Waals surface area contributed by atoms with Crippen molar-refractivity contribution in [2.75, 3.05) is 20.2 Å². The average Bonchev–Trinajstić information content (AvgIpc) is 3.11. The summed E-state index contributed by atoms with van der Waals surface area (Å²) >= 11 is 1.64. The van der Waals surface area contributed by atoms with Crippen LogP contribution in [0.5, 0.6) is 0 Å². The molecule has 5 heteroatoms. The predicted molar refractivity (Wildman–Crippen MR) is 106 cm³/mol. The number of hydrogen-bond donors (Lipinski definition) is 0. The number of esters is 1. The van der Waals surface area contributed by atoms with Crippen molar-refractivity contribution in [2.45, 2.75) is 39.7 Å². The molecule has 0 spiro atoms. The number of piperidine rings is 1. The zero-order valence-corrected chi connectivity index (χ0v) is 16.7. The lowest BCUT2D eigenvalue weighted by atomic mass is 9.88. The van der Waals surface area contributed by atoms with Gasteiger partial charge in [-0.3, -0.25) is 4.90 Å². The molecule has 1 saturated heterocycles. The van der Waals surface area contributed by atoms with Gasteiger partial charge in [-0.2, -0.15) is 0 Å². The minimum atomic E-state index is -0.312. The van der Waals surface area contributed by atoms with Crippen molar-refractivity contribution in [3.63, 3.8) is 0 Å². The van der Waals surface area contributed by atoms with Crippen LogP contribution in [0, 0.1) is 11.8 Å². The quantitative estimate of drug-likeness (QED) is 0.680. The number of rotatable bonds is 6. The summed E-state index contributed by atoms with van der Waals surface area (Å²) in [5.41, 5.74) is 2.66. The van der Waals surface area contributed by atoms with Gasteiger partial charge in [-0.1, -0.05) is 26.0 Å². The van der Waals surface area contributed by atoms with Gasteiger partial charge >= 0.3 is 5.97 Å². The molecule has 0 saturated carbocycles. The number of carbonyl (C=O) groups excluding carboxylic acids is 1. The SMILES string of the molecule is COC(=O)c1cccc(-c2nc(CN3CCC(CC(C)C)CC3)cs2)c1. The maximum absolute atomic E-state index is 11.7. The zero-order valence-electron chi connectivity index (χ0n) is 15.9. The molecule has 0 bridgehead atoms. The third-order valence-corrected chi connectivity index (χ3v) is 5.92. The number of likely N-dealkylation sites (tertiary alicyclic amines) is 1. The van der Waals surface area contributed by atoms with Crippen LogP contribution in [0.1, 0.15) is 49.2 Å². The number of carbonyl (C=O) groups is 1. The normalized spacial score (nSPS) is 16.2. The highest BCUT2D eigenvalue weighted by Gasteiger charge is 2.20. The molecular formula is C21H28N2O2S. The second-order valence-electron chi connectivity index (χ2n) is 7.57. The van der Waals surface area contributed by atoms with Crippen LogP contribution in [0.4, 0.5) is 0 Å². The Balaban J connectivity index is 1.60. The first-order valence-corrected chi connectivity index (χ1v) is 10.3. The van der Waals surface area contributed by atoms with Crippen LogP contribution in [-0.4, -0.2) is 36.1 Å². The largest absolute Gasteiger partial charge is 0.465 e. The Hall–Kier alpha value is -1.72. The summed E-state index contributed by atoms with van der Waals surface area (Å²) in [7, 11) is 1.40. The summed E-state index contributed by atoms with van der Waals surface area (Å²) in [4.78, 5) is 19.0. The Bertz CT molecular complexity index is 733. The van der Waals surface area contributed by atoms with Crippen molar-refractivity contribution in [3.8, 4) is 10.6 Å². The fraction of sp³-hybridized carbons (Fsp3) is 0.524. The minimum absolute atomic E-state index is 0.312. The van der Waals surface area contributed by atoms with Gasteiger partial charge in [-0.15, -0.1) is 11.3 Å². The molecule has 0 atom stereocenters. The molecular weight excluding hydrogens is 344 g/mol. The molecule has 0 amide bonds. The van der Waals surface area contributed by atoms with E-state index in [1.165, 1.54) is 39.5 Å². The van der Waals surface area contributed by atoms with E-state index < -0.39 is 0 Å². The van der Waals surface area contributed by atoms with Gasteiger partial charge < -0.3 is 4.74 Å². The molecule has 26 heavy (non-hydrogen) atoms. The smallest absolute Gasteiger partial charge is 0.337 e. The van der Waals surface area contributed by atoms with E-state index in [0.717, 1.165) is 34.6 Å². The number of nitrogens with zero attached hydrogens (tertiary/aromatic N) is 2. The first-order valence-electron chi connectivity index (χ1n) is 9.40. The van der Waals surface area contributed by atoms with E-state index in [-0.39, 0.29) is 5.97 Å². The molecule has 0 N–H and O–H groups in total. The van der Waals surface area contributed by atoms with Gasteiger partial charge in [0.05, 0.1) is 18.4 Å². The van der Waals surface area contributed by atoms with Crippen LogP contribution < -0.4 is 0 Å². The molecule has 0 unspecified atom stereocenters. The van der Waals surface area contributed by atoms with Crippen LogP contribution in [0.2, 0.25) is 0 Å². The van der Waals surface area contributed by atoms with E-state index >= 15 is 0 Å². The Kier molecular flexibility index (Phi) is 6.43. The van der Waals surface area contributed by atoms with Gasteiger partial charge in [0.15, 0.2) is 0 Å². The monoisotopic (exact) mass is 372 g/mol. The Morgan fingerprint density at radius 1 is 1.35 bits per heavy atom. The average molecular weight is 373 g/mol. The van der Waals surface area contributed by atoms with Gasteiger partial charge in [0.1, 0.15) is 5.01 Å². The highest BCUT2D eigenvalue weighted by atomic mass is 32.1. The summed E-state index contributed by atoms with van der Waals surface area (Å²) in [5, 5.41) is 3.10. The van der Waals surface area contributed by atoms with Crippen LogP contribution in [0.25, 0.3) is 10.6 Å². The lowest BCUT2D eigenvalue weighted by Crippen LogP contribution is -2.33. The van der Waals surface area contributed by atoms with Gasteiger partial charge in [0.2, 0.25) is 0 Å².